The van der Waals surface area contributed by atoms with E-state index in [4.69, 9.17) is 14.2 Å². The second-order valence-corrected chi connectivity index (χ2v) is 9.15. The summed E-state index contributed by atoms with van der Waals surface area (Å²) in [5.41, 5.74) is 1.14. The normalized spacial score (nSPS) is 18.5. The molecule has 2 heterocycles. The summed E-state index contributed by atoms with van der Waals surface area (Å²) in [6, 6.07) is 11.8. The minimum absolute atomic E-state index is 0.0483. The van der Waals surface area contributed by atoms with Crippen LogP contribution in [-0.4, -0.2) is 42.3 Å². The van der Waals surface area contributed by atoms with Gasteiger partial charge in [0, 0.05) is 43.8 Å². The number of nitro groups is 1. The maximum absolute atomic E-state index is 12.5. The number of carbonyl (C=O) groups is 2. The Hall–Kier alpha value is -3.82. The molecule has 0 bridgehead atoms. The molecule has 3 aliphatic rings. The molecule has 1 aliphatic carbocycles. The molecule has 1 amide bonds. The molecule has 184 valence electrons. The lowest BCUT2D eigenvalue weighted by molar-refractivity contribution is -0.384. The van der Waals surface area contributed by atoms with E-state index in [0.29, 0.717) is 48.8 Å². The van der Waals surface area contributed by atoms with Crippen molar-refractivity contribution in [2.75, 3.05) is 29.9 Å². The number of para-hydroxylation sites is 2. The van der Waals surface area contributed by atoms with Gasteiger partial charge in [-0.15, -0.1) is 0 Å². The molecule has 0 unspecified atom stereocenters. The molecule has 10 heteroatoms. The number of piperidine rings is 1. The van der Waals surface area contributed by atoms with E-state index in [1.54, 1.807) is 36.4 Å². The highest BCUT2D eigenvalue weighted by molar-refractivity contribution is 5.93. The van der Waals surface area contributed by atoms with Crippen LogP contribution in [0.5, 0.6) is 11.5 Å². The SMILES string of the molecule is O=C(COC(=O)C1CCN(c2ccccc2[N+](=O)[O-])CC1)Nc1ccc2c(c1)OC1(CCCC1)O2. The number of nitrogens with one attached hydrogen (secondary N) is 1. The minimum Gasteiger partial charge on any atom is -0.455 e. The quantitative estimate of drug-likeness (QED) is 0.373. The van der Waals surface area contributed by atoms with Gasteiger partial charge < -0.3 is 24.4 Å². The van der Waals surface area contributed by atoms with E-state index in [9.17, 15) is 19.7 Å². The number of rotatable bonds is 6. The number of carbonyl (C=O) groups excluding carboxylic acids is 2. The van der Waals surface area contributed by atoms with Crippen molar-refractivity contribution >= 4 is 28.9 Å². The van der Waals surface area contributed by atoms with Gasteiger partial charge in [0.25, 0.3) is 17.4 Å². The number of benzene rings is 2. The number of hydrogen-bond acceptors (Lipinski definition) is 8. The van der Waals surface area contributed by atoms with Crippen LogP contribution < -0.4 is 19.7 Å². The zero-order valence-corrected chi connectivity index (χ0v) is 19.2. The van der Waals surface area contributed by atoms with Crippen molar-refractivity contribution in [2.45, 2.75) is 44.3 Å². The predicted molar refractivity (Wildman–Crippen MR) is 127 cm³/mol. The average Bonchev–Trinajstić information content (AvgIpc) is 3.47. The Morgan fingerprint density at radius 2 is 1.80 bits per heavy atom. The standard InChI is InChI=1S/C25H27N3O7/c29-23(26-18-7-8-21-22(15-18)35-25(34-21)11-3-4-12-25)16-33-24(30)17-9-13-27(14-10-17)19-5-1-2-6-20(19)28(31)32/h1-2,5-8,15,17H,3-4,9-14,16H2,(H,26,29). The van der Waals surface area contributed by atoms with Gasteiger partial charge in [-0.25, -0.2) is 0 Å². The number of nitro benzene ring substituents is 1. The van der Waals surface area contributed by atoms with E-state index in [0.717, 1.165) is 25.7 Å². The van der Waals surface area contributed by atoms with Crippen molar-refractivity contribution < 1.29 is 28.7 Å². The number of amides is 1. The molecule has 1 saturated carbocycles. The Bertz CT molecular complexity index is 1140. The molecule has 5 rings (SSSR count). The third kappa shape index (κ3) is 4.87. The average molecular weight is 482 g/mol. The third-order valence-corrected chi connectivity index (χ3v) is 6.78. The van der Waals surface area contributed by atoms with Crippen LogP contribution >= 0.6 is 0 Å². The first-order chi connectivity index (χ1) is 16.9. The lowest BCUT2D eigenvalue weighted by Crippen LogP contribution is -2.37. The third-order valence-electron chi connectivity index (χ3n) is 6.78. The van der Waals surface area contributed by atoms with Crippen molar-refractivity contribution in [1.29, 1.82) is 0 Å². The second kappa shape index (κ2) is 9.44. The molecule has 10 nitrogen and oxygen atoms in total. The molecule has 1 N–H and O–H groups in total. The zero-order valence-electron chi connectivity index (χ0n) is 19.2. The van der Waals surface area contributed by atoms with E-state index in [2.05, 4.69) is 5.32 Å². The van der Waals surface area contributed by atoms with Gasteiger partial charge in [0.1, 0.15) is 5.69 Å². The molecule has 0 atom stereocenters. The molecule has 1 spiro atoms. The Labute approximate surface area is 202 Å². The van der Waals surface area contributed by atoms with Gasteiger partial charge in [-0.05, 0) is 43.9 Å². The molecule has 2 aromatic rings. The Balaban J connectivity index is 1.09. The van der Waals surface area contributed by atoms with Gasteiger partial charge in [-0.1, -0.05) is 12.1 Å². The van der Waals surface area contributed by atoms with Crippen molar-refractivity contribution in [3.8, 4) is 11.5 Å². The fraction of sp³-hybridized carbons (Fsp3) is 0.440. The van der Waals surface area contributed by atoms with Crippen LogP contribution in [0.3, 0.4) is 0 Å². The maximum atomic E-state index is 12.5. The highest BCUT2D eigenvalue weighted by Crippen LogP contribution is 2.47. The first kappa shape index (κ1) is 22.9. The lowest BCUT2D eigenvalue weighted by atomic mass is 9.96. The number of fused-ring (bicyclic) bond motifs is 1. The molecule has 0 aromatic heterocycles. The number of esters is 1. The molecule has 0 radical (unpaired) electrons. The number of ether oxygens (including phenoxy) is 3. The van der Waals surface area contributed by atoms with Crippen molar-refractivity contribution in [2.24, 2.45) is 5.92 Å². The summed E-state index contributed by atoms with van der Waals surface area (Å²) >= 11 is 0. The second-order valence-electron chi connectivity index (χ2n) is 9.15. The molecular weight excluding hydrogens is 454 g/mol. The first-order valence-corrected chi connectivity index (χ1v) is 11.9. The van der Waals surface area contributed by atoms with Crippen molar-refractivity contribution in [3.05, 3.63) is 52.6 Å². The molecule has 1 saturated heterocycles. The molecule has 2 aliphatic heterocycles. The van der Waals surface area contributed by atoms with Gasteiger partial charge >= 0.3 is 5.97 Å². The van der Waals surface area contributed by atoms with Gasteiger partial charge in [0.15, 0.2) is 18.1 Å². The van der Waals surface area contributed by atoms with Crippen LogP contribution in [0, 0.1) is 16.0 Å². The molecule has 35 heavy (non-hydrogen) atoms. The summed E-state index contributed by atoms with van der Waals surface area (Å²) in [5.74, 6) is -0.520. The van der Waals surface area contributed by atoms with Crippen LogP contribution in [-0.2, 0) is 14.3 Å². The van der Waals surface area contributed by atoms with E-state index < -0.39 is 22.6 Å². The van der Waals surface area contributed by atoms with Crippen LogP contribution in [0.2, 0.25) is 0 Å². The van der Waals surface area contributed by atoms with Crippen LogP contribution in [0.4, 0.5) is 17.1 Å². The van der Waals surface area contributed by atoms with Gasteiger partial charge in [-0.2, -0.15) is 0 Å². The van der Waals surface area contributed by atoms with Crippen molar-refractivity contribution in [3.63, 3.8) is 0 Å². The summed E-state index contributed by atoms with van der Waals surface area (Å²) in [6.45, 7) is 0.604. The fourth-order valence-electron chi connectivity index (χ4n) is 4.98. The molecular formula is C25H27N3O7. The monoisotopic (exact) mass is 481 g/mol. The largest absolute Gasteiger partial charge is 0.455 e. The summed E-state index contributed by atoms with van der Waals surface area (Å²) in [4.78, 5) is 37.7. The van der Waals surface area contributed by atoms with Gasteiger partial charge in [-0.3, -0.25) is 19.7 Å². The highest BCUT2D eigenvalue weighted by Gasteiger charge is 2.44. The highest BCUT2D eigenvalue weighted by atomic mass is 16.7. The van der Waals surface area contributed by atoms with Crippen LogP contribution in [0.15, 0.2) is 42.5 Å². The van der Waals surface area contributed by atoms with Crippen LogP contribution in [0.1, 0.15) is 38.5 Å². The predicted octanol–water partition coefficient (Wildman–Crippen LogP) is 4.03. The fourth-order valence-corrected chi connectivity index (χ4v) is 4.98. The lowest BCUT2D eigenvalue weighted by Gasteiger charge is -2.32. The summed E-state index contributed by atoms with van der Waals surface area (Å²) in [7, 11) is 0. The molecule has 2 aromatic carbocycles. The molecule has 2 fully saturated rings. The van der Waals surface area contributed by atoms with E-state index in [1.807, 2.05) is 4.90 Å². The van der Waals surface area contributed by atoms with Gasteiger partial charge in [0.05, 0.1) is 10.8 Å². The first-order valence-electron chi connectivity index (χ1n) is 11.9. The number of anilines is 2. The Morgan fingerprint density at radius 3 is 2.54 bits per heavy atom. The van der Waals surface area contributed by atoms with E-state index in [-0.39, 0.29) is 18.2 Å². The van der Waals surface area contributed by atoms with E-state index >= 15 is 0 Å². The minimum atomic E-state index is -0.568. The van der Waals surface area contributed by atoms with Gasteiger partial charge in [0.2, 0.25) is 0 Å². The van der Waals surface area contributed by atoms with Crippen LogP contribution in [0.25, 0.3) is 0 Å². The van der Waals surface area contributed by atoms with E-state index in [1.165, 1.54) is 6.07 Å². The number of nitrogens with zero attached hydrogens (tertiary/aromatic N) is 2. The smallest absolute Gasteiger partial charge is 0.309 e. The zero-order chi connectivity index (χ0) is 24.4. The van der Waals surface area contributed by atoms with Crippen molar-refractivity contribution in [1.82, 2.24) is 0 Å². The Morgan fingerprint density at radius 1 is 1.09 bits per heavy atom. The number of hydrogen-bond donors (Lipinski definition) is 1. The topological polar surface area (TPSA) is 120 Å². The Kier molecular flexibility index (Phi) is 6.19. The summed E-state index contributed by atoms with van der Waals surface area (Å²) in [6.07, 6.45) is 4.82. The summed E-state index contributed by atoms with van der Waals surface area (Å²) < 4.78 is 17.2. The summed E-state index contributed by atoms with van der Waals surface area (Å²) in [5, 5.41) is 14.0. The maximum Gasteiger partial charge on any atom is 0.309 e.